The highest BCUT2D eigenvalue weighted by Crippen LogP contribution is 2.21. The first-order valence-electron chi connectivity index (χ1n) is 9.16. The Morgan fingerprint density at radius 3 is 2.25 bits per heavy atom. The first-order valence-corrected chi connectivity index (χ1v) is 10.0. The van der Waals surface area contributed by atoms with Crippen LogP contribution in [-0.2, 0) is 20.7 Å². The molecule has 0 heterocycles. The number of aliphatic hydroxyl groups excluding tert-OH is 1. The van der Waals surface area contributed by atoms with E-state index in [2.05, 4.69) is 5.32 Å². The molecule has 4 N–H and O–H groups in total. The van der Waals surface area contributed by atoms with Crippen molar-refractivity contribution in [2.24, 2.45) is 5.73 Å². The summed E-state index contributed by atoms with van der Waals surface area (Å²) in [6, 6.07) is 12.1. The van der Waals surface area contributed by atoms with Gasteiger partial charge in [0.05, 0.1) is 11.0 Å². The molecule has 3 atom stereocenters. The summed E-state index contributed by atoms with van der Waals surface area (Å²) < 4.78 is 5.19. The summed E-state index contributed by atoms with van der Waals surface area (Å²) in [6.07, 6.45) is -1.12. The number of benzene rings is 2. The predicted octanol–water partition coefficient (Wildman–Crippen LogP) is 2.45. The molecular formula is C20H22Cl3N3O6. The zero-order chi connectivity index (χ0) is 23.0. The summed E-state index contributed by atoms with van der Waals surface area (Å²) in [7, 11) is 0. The van der Waals surface area contributed by atoms with Gasteiger partial charge in [0.1, 0.15) is 18.8 Å². The second-order valence-electron chi connectivity index (χ2n) is 6.64. The number of nitrogens with two attached hydrogens (primary N) is 1. The fraction of sp³-hybridized carbons (Fsp3) is 0.300. The number of nitrogens with zero attached hydrogens (tertiary/aromatic N) is 1. The second kappa shape index (κ2) is 13.2. The lowest BCUT2D eigenvalue weighted by atomic mass is 10.0. The molecule has 174 valence electrons. The highest BCUT2D eigenvalue weighted by atomic mass is 35.5. The van der Waals surface area contributed by atoms with Crippen LogP contribution in [0.25, 0.3) is 0 Å². The van der Waals surface area contributed by atoms with Crippen LogP contribution in [0.5, 0.6) is 0 Å². The van der Waals surface area contributed by atoms with Crippen molar-refractivity contribution < 1.29 is 24.4 Å². The summed E-state index contributed by atoms with van der Waals surface area (Å²) in [5.74, 6) is -1.54. The van der Waals surface area contributed by atoms with Crippen molar-refractivity contribution in [3.05, 3.63) is 75.8 Å². The highest BCUT2D eigenvalue weighted by Gasteiger charge is 2.28. The maximum absolute atomic E-state index is 12.3. The number of hydrogen-bond donors (Lipinski definition) is 3. The Kier molecular flexibility index (Phi) is 11.4. The number of non-ortho nitro benzene ring substituents is 1. The van der Waals surface area contributed by atoms with E-state index in [4.69, 9.17) is 33.7 Å². The molecule has 2 rings (SSSR count). The van der Waals surface area contributed by atoms with Gasteiger partial charge in [-0.2, -0.15) is 0 Å². The molecule has 3 unspecified atom stereocenters. The molecule has 9 nitrogen and oxygen atoms in total. The summed E-state index contributed by atoms with van der Waals surface area (Å²) in [4.78, 5) is 33.0. The zero-order valence-electron chi connectivity index (χ0n) is 16.6. The molecule has 0 saturated carbocycles. The van der Waals surface area contributed by atoms with E-state index in [0.29, 0.717) is 0 Å². The van der Waals surface area contributed by atoms with Crippen molar-refractivity contribution in [2.45, 2.75) is 29.4 Å². The molecule has 2 aromatic rings. The number of ether oxygens (including phenoxy) is 1. The summed E-state index contributed by atoms with van der Waals surface area (Å²) in [5, 5.41) is 23.8. The highest BCUT2D eigenvalue weighted by molar-refractivity contribution is 6.53. The molecule has 0 aliphatic carbocycles. The van der Waals surface area contributed by atoms with Crippen molar-refractivity contribution in [3.63, 3.8) is 0 Å². The standard InChI is InChI=1S/C20H21Cl2N3O6.ClH/c21-18(22)19(27)24-16(17(26)13-6-8-14(9-7-13)25(29)30)11-31-20(28)15(23)10-12-4-2-1-3-5-12;/h1-9,15-18,26H,10-11,23H2,(H,24,27);1H. The smallest absolute Gasteiger partial charge is 0.323 e. The van der Waals surface area contributed by atoms with Gasteiger partial charge in [-0.15, -0.1) is 12.4 Å². The predicted molar refractivity (Wildman–Crippen MR) is 122 cm³/mol. The average molecular weight is 507 g/mol. The van der Waals surface area contributed by atoms with Crippen LogP contribution in [0.1, 0.15) is 17.2 Å². The minimum absolute atomic E-state index is 0. The Balaban J connectivity index is 0.00000512. The first-order chi connectivity index (χ1) is 14.7. The molecule has 0 radical (unpaired) electrons. The number of nitro groups is 1. The lowest BCUT2D eigenvalue weighted by Crippen LogP contribution is -2.46. The van der Waals surface area contributed by atoms with Gasteiger partial charge in [-0.1, -0.05) is 53.5 Å². The van der Waals surface area contributed by atoms with Crippen LogP contribution in [0.3, 0.4) is 0 Å². The number of alkyl halides is 2. The second-order valence-corrected chi connectivity index (χ2v) is 7.73. The molecule has 1 amide bonds. The van der Waals surface area contributed by atoms with Crippen molar-refractivity contribution in [1.29, 1.82) is 0 Å². The largest absolute Gasteiger partial charge is 0.462 e. The molecule has 0 aliphatic heterocycles. The number of hydrogen-bond acceptors (Lipinski definition) is 7. The quantitative estimate of drug-likeness (QED) is 0.194. The van der Waals surface area contributed by atoms with Gasteiger partial charge in [0.25, 0.3) is 11.6 Å². The molecule has 0 fully saturated rings. The number of halogens is 3. The number of esters is 1. The number of aliphatic hydroxyl groups is 1. The van der Waals surface area contributed by atoms with Crippen LogP contribution < -0.4 is 11.1 Å². The fourth-order valence-corrected chi connectivity index (χ4v) is 2.84. The van der Waals surface area contributed by atoms with E-state index >= 15 is 0 Å². The first kappa shape index (κ1) is 27.6. The van der Waals surface area contributed by atoms with E-state index < -0.39 is 46.4 Å². The monoisotopic (exact) mass is 505 g/mol. The fourth-order valence-electron chi connectivity index (χ4n) is 2.71. The Morgan fingerprint density at radius 2 is 1.72 bits per heavy atom. The minimum atomic E-state index is -1.41. The number of nitrogens with one attached hydrogen (secondary N) is 1. The van der Waals surface area contributed by atoms with E-state index in [1.54, 1.807) is 0 Å². The van der Waals surface area contributed by atoms with Gasteiger partial charge in [-0.3, -0.25) is 19.7 Å². The molecule has 0 aliphatic rings. The van der Waals surface area contributed by atoms with Crippen molar-refractivity contribution in [2.75, 3.05) is 6.61 Å². The third kappa shape index (κ3) is 8.25. The molecule has 12 heteroatoms. The number of rotatable bonds is 10. The number of carbonyl (C=O) groups is 2. The maximum Gasteiger partial charge on any atom is 0.323 e. The van der Waals surface area contributed by atoms with Crippen molar-refractivity contribution in [3.8, 4) is 0 Å². The lowest BCUT2D eigenvalue weighted by Gasteiger charge is -2.25. The Hall–Kier alpha value is -2.43. The van der Waals surface area contributed by atoms with Gasteiger partial charge in [-0.25, -0.2) is 0 Å². The normalized spacial score (nSPS) is 13.4. The zero-order valence-corrected chi connectivity index (χ0v) is 18.9. The van der Waals surface area contributed by atoms with Gasteiger partial charge in [0.2, 0.25) is 0 Å². The molecular weight excluding hydrogens is 485 g/mol. The van der Waals surface area contributed by atoms with E-state index in [9.17, 15) is 24.8 Å². The maximum atomic E-state index is 12.3. The molecule has 32 heavy (non-hydrogen) atoms. The third-order valence-electron chi connectivity index (χ3n) is 4.36. The molecule has 0 saturated heterocycles. The van der Waals surface area contributed by atoms with Gasteiger partial charge >= 0.3 is 5.97 Å². The Labute approximate surface area is 200 Å². The number of nitro benzene ring substituents is 1. The van der Waals surface area contributed by atoms with E-state index in [1.165, 1.54) is 24.3 Å². The molecule has 0 aromatic heterocycles. The van der Waals surface area contributed by atoms with Crippen LogP contribution >= 0.6 is 35.6 Å². The molecule has 0 bridgehead atoms. The van der Waals surface area contributed by atoms with Gasteiger partial charge in [0, 0.05) is 12.1 Å². The minimum Gasteiger partial charge on any atom is -0.462 e. The van der Waals surface area contributed by atoms with Crippen LogP contribution in [0.15, 0.2) is 54.6 Å². The number of carbonyl (C=O) groups excluding carboxylic acids is 2. The van der Waals surface area contributed by atoms with Crippen molar-refractivity contribution >= 4 is 53.2 Å². The number of amides is 1. The van der Waals surface area contributed by atoms with E-state index in [0.717, 1.165) is 5.56 Å². The van der Waals surface area contributed by atoms with Crippen LogP contribution in [0.4, 0.5) is 5.69 Å². The third-order valence-corrected chi connectivity index (χ3v) is 4.76. The summed E-state index contributed by atoms with van der Waals surface area (Å²) in [6.45, 7) is -0.425. The summed E-state index contributed by atoms with van der Waals surface area (Å²) >= 11 is 11.1. The Morgan fingerprint density at radius 1 is 1.12 bits per heavy atom. The van der Waals surface area contributed by atoms with Crippen LogP contribution in [0, 0.1) is 10.1 Å². The average Bonchev–Trinajstić information content (AvgIpc) is 2.76. The summed E-state index contributed by atoms with van der Waals surface area (Å²) in [5.41, 5.74) is 6.81. The van der Waals surface area contributed by atoms with Crippen LogP contribution in [0.2, 0.25) is 0 Å². The van der Waals surface area contributed by atoms with E-state index in [1.807, 2.05) is 30.3 Å². The molecule has 2 aromatic carbocycles. The van der Waals surface area contributed by atoms with Gasteiger partial charge in [-0.05, 0) is 29.7 Å². The van der Waals surface area contributed by atoms with Crippen LogP contribution in [-0.4, -0.2) is 45.4 Å². The lowest BCUT2D eigenvalue weighted by molar-refractivity contribution is -0.384. The van der Waals surface area contributed by atoms with Crippen molar-refractivity contribution in [1.82, 2.24) is 5.32 Å². The molecule has 0 spiro atoms. The SMILES string of the molecule is Cl.NC(Cc1ccccc1)C(=O)OCC(NC(=O)C(Cl)Cl)C(O)c1ccc([N+](=O)[O-])cc1. The van der Waals surface area contributed by atoms with Gasteiger partial charge < -0.3 is 20.9 Å². The van der Waals surface area contributed by atoms with E-state index in [-0.39, 0.29) is 30.1 Å². The Bertz CT molecular complexity index is 899. The topological polar surface area (TPSA) is 145 Å². The van der Waals surface area contributed by atoms with Gasteiger partial charge in [0.15, 0.2) is 4.84 Å².